The third-order valence-corrected chi connectivity index (χ3v) is 6.25. The van der Waals surface area contributed by atoms with E-state index in [1.54, 1.807) is 12.1 Å². The van der Waals surface area contributed by atoms with Crippen LogP contribution in [0.25, 0.3) is 5.69 Å². The maximum absolute atomic E-state index is 12.6. The van der Waals surface area contributed by atoms with Crippen LogP contribution in [-0.4, -0.2) is 26.4 Å². The summed E-state index contributed by atoms with van der Waals surface area (Å²) in [5.41, 5.74) is 4.61. The first-order valence-electron chi connectivity index (χ1n) is 11.1. The maximum Gasteiger partial charge on any atom is 0.234 e. The Morgan fingerprint density at radius 1 is 1.00 bits per heavy atom. The Kier molecular flexibility index (Phi) is 7.81. The molecule has 1 heterocycles. The van der Waals surface area contributed by atoms with Gasteiger partial charge in [0.05, 0.1) is 18.2 Å². The Balaban J connectivity index is 1.48. The topological polar surface area (TPSA) is 92.8 Å². The van der Waals surface area contributed by atoms with Crippen molar-refractivity contribution in [1.82, 2.24) is 14.8 Å². The molecule has 35 heavy (non-hydrogen) atoms. The molecule has 8 heteroatoms. The van der Waals surface area contributed by atoms with Gasteiger partial charge in [0.2, 0.25) is 5.91 Å². The minimum atomic E-state index is -0.154. The lowest BCUT2D eigenvalue weighted by atomic mass is 10.1. The second kappa shape index (κ2) is 11.4. The van der Waals surface area contributed by atoms with Crippen molar-refractivity contribution in [2.45, 2.75) is 32.0 Å². The van der Waals surface area contributed by atoms with E-state index in [1.807, 2.05) is 79.1 Å². The van der Waals surface area contributed by atoms with Gasteiger partial charge in [-0.25, -0.2) is 0 Å². The van der Waals surface area contributed by atoms with Crippen molar-refractivity contribution in [2.75, 3.05) is 11.1 Å². The summed E-state index contributed by atoms with van der Waals surface area (Å²) in [5.74, 6) is 1.50. The molecule has 7 nitrogen and oxygen atoms in total. The Bertz CT molecular complexity index is 1320. The van der Waals surface area contributed by atoms with Gasteiger partial charge in [0, 0.05) is 11.4 Å². The number of hydrogen-bond acceptors (Lipinski definition) is 6. The van der Waals surface area contributed by atoms with Gasteiger partial charge in [0.25, 0.3) is 0 Å². The van der Waals surface area contributed by atoms with E-state index in [1.165, 1.54) is 11.8 Å². The summed E-state index contributed by atoms with van der Waals surface area (Å²) in [6.45, 7) is 4.28. The zero-order chi connectivity index (χ0) is 24.6. The van der Waals surface area contributed by atoms with Crippen molar-refractivity contribution < 1.29 is 9.53 Å². The van der Waals surface area contributed by atoms with Crippen molar-refractivity contribution in [1.29, 1.82) is 5.26 Å². The van der Waals surface area contributed by atoms with Gasteiger partial charge in [0.1, 0.15) is 12.4 Å². The van der Waals surface area contributed by atoms with Crippen molar-refractivity contribution in [3.05, 3.63) is 95.3 Å². The minimum absolute atomic E-state index is 0.154. The molecule has 4 aromatic rings. The molecule has 0 bridgehead atoms. The van der Waals surface area contributed by atoms with E-state index >= 15 is 0 Å². The fourth-order valence-corrected chi connectivity index (χ4v) is 4.38. The Morgan fingerprint density at radius 2 is 1.71 bits per heavy atom. The van der Waals surface area contributed by atoms with Gasteiger partial charge in [-0.15, -0.1) is 10.2 Å². The van der Waals surface area contributed by atoms with Gasteiger partial charge in [-0.2, -0.15) is 5.26 Å². The summed E-state index contributed by atoms with van der Waals surface area (Å²) in [6, 6.07) is 25.2. The van der Waals surface area contributed by atoms with Crippen LogP contribution in [0.5, 0.6) is 5.75 Å². The molecule has 0 fully saturated rings. The van der Waals surface area contributed by atoms with E-state index in [4.69, 9.17) is 10.00 Å². The zero-order valence-electron chi connectivity index (χ0n) is 19.6. The Hall–Kier alpha value is -4.09. The molecule has 0 radical (unpaired) electrons. The fraction of sp³-hybridized carbons (Fsp3) is 0.185. The number of nitriles is 1. The largest absolute Gasteiger partial charge is 0.485 e. The first kappa shape index (κ1) is 24.0. The predicted molar refractivity (Wildman–Crippen MR) is 137 cm³/mol. The van der Waals surface area contributed by atoms with Crippen LogP contribution in [0.1, 0.15) is 22.5 Å². The van der Waals surface area contributed by atoms with Crippen LogP contribution < -0.4 is 10.1 Å². The van der Waals surface area contributed by atoms with Crippen molar-refractivity contribution >= 4 is 23.4 Å². The molecule has 0 aliphatic carbocycles. The number of aromatic nitrogens is 3. The molecule has 3 aromatic carbocycles. The van der Waals surface area contributed by atoms with Gasteiger partial charge in [-0.3, -0.25) is 9.36 Å². The number of para-hydroxylation sites is 2. The molecule has 0 aliphatic heterocycles. The number of carbonyl (C=O) groups is 1. The van der Waals surface area contributed by atoms with E-state index in [0.29, 0.717) is 23.1 Å². The third kappa shape index (κ3) is 6.08. The molecular formula is C27H25N5O2S. The molecule has 0 saturated carbocycles. The van der Waals surface area contributed by atoms with Crippen LogP contribution in [0.15, 0.2) is 78.0 Å². The highest BCUT2D eigenvalue weighted by molar-refractivity contribution is 7.99. The first-order chi connectivity index (χ1) is 17.0. The zero-order valence-corrected chi connectivity index (χ0v) is 20.4. The molecule has 0 spiro atoms. The molecule has 0 unspecified atom stereocenters. The number of nitrogens with zero attached hydrogens (tertiary/aromatic N) is 4. The molecule has 4 rings (SSSR count). The summed E-state index contributed by atoms with van der Waals surface area (Å²) in [4.78, 5) is 12.6. The molecular weight excluding hydrogens is 458 g/mol. The molecule has 0 aliphatic rings. The van der Waals surface area contributed by atoms with Crippen LogP contribution in [0, 0.1) is 25.2 Å². The maximum atomic E-state index is 12.6. The van der Waals surface area contributed by atoms with Crippen molar-refractivity contribution in [3.8, 4) is 17.5 Å². The second-order valence-corrected chi connectivity index (χ2v) is 8.89. The quantitative estimate of drug-likeness (QED) is 0.327. The smallest absolute Gasteiger partial charge is 0.234 e. The van der Waals surface area contributed by atoms with E-state index in [9.17, 15) is 4.79 Å². The number of aryl methyl sites for hydroxylation is 2. The third-order valence-electron chi connectivity index (χ3n) is 5.32. The molecule has 0 saturated heterocycles. The lowest BCUT2D eigenvalue weighted by Gasteiger charge is -2.13. The summed E-state index contributed by atoms with van der Waals surface area (Å²) < 4.78 is 8.05. The highest BCUT2D eigenvalue weighted by atomic mass is 32.2. The number of anilines is 1. The number of thioether (sulfide) groups is 1. The number of hydrogen-bond donors (Lipinski definition) is 1. The predicted octanol–water partition coefficient (Wildman–Crippen LogP) is 5.26. The first-order valence-corrected chi connectivity index (χ1v) is 12.1. The molecule has 1 N–H and O–H groups in total. The molecule has 0 atom stereocenters. The lowest BCUT2D eigenvalue weighted by molar-refractivity contribution is -0.113. The summed E-state index contributed by atoms with van der Waals surface area (Å²) in [5, 5.41) is 21.0. The van der Waals surface area contributed by atoms with E-state index < -0.39 is 0 Å². The number of ether oxygens (including phenoxy) is 1. The summed E-state index contributed by atoms with van der Waals surface area (Å²) >= 11 is 1.31. The number of carbonyl (C=O) groups excluding carboxylic acids is 1. The molecule has 1 amide bonds. The number of amides is 1. The van der Waals surface area contributed by atoms with E-state index in [0.717, 1.165) is 28.1 Å². The van der Waals surface area contributed by atoms with Crippen molar-refractivity contribution in [2.24, 2.45) is 0 Å². The average molecular weight is 484 g/mol. The lowest BCUT2D eigenvalue weighted by Crippen LogP contribution is -2.15. The molecule has 1 aromatic heterocycles. The normalized spacial score (nSPS) is 10.5. The summed E-state index contributed by atoms with van der Waals surface area (Å²) in [7, 11) is 0. The minimum Gasteiger partial charge on any atom is -0.485 e. The highest BCUT2D eigenvalue weighted by Crippen LogP contribution is 2.26. The van der Waals surface area contributed by atoms with E-state index in [2.05, 4.69) is 21.6 Å². The van der Waals surface area contributed by atoms with Gasteiger partial charge < -0.3 is 10.1 Å². The number of rotatable bonds is 9. The van der Waals surface area contributed by atoms with Crippen LogP contribution in [0.3, 0.4) is 0 Å². The van der Waals surface area contributed by atoms with E-state index in [-0.39, 0.29) is 18.3 Å². The van der Waals surface area contributed by atoms with Crippen LogP contribution >= 0.6 is 11.8 Å². The van der Waals surface area contributed by atoms with Gasteiger partial charge in [0.15, 0.2) is 11.0 Å². The highest BCUT2D eigenvalue weighted by Gasteiger charge is 2.17. The van der Waals surface area contributed by atoms with Crippen molar-refractivity contribution in [3.63, 3.8) is 0 Å². The van der Waals surface area contributed by atoms with Crippen LogP contribution in [-0.2, 0) is 17.8 Å². The number of benzene rings is 3. The average Bonchev–Trinajstić information content (AvgIpc) is 3.27. The summed E-state index contributed by atoms with van der Waals surface area (Å²) in [6.07, 6.45) is 0.342. The fourth-order valence-electron chi connectivity index (χ4n) is 3.61. The van der Waals surface area contributed by atoms with Crippen LogP contribution in [0.2, 0.25) is 0 Å². The van der Waals surface area contributed by atoms with Gasteiger partial charge in [-0.05, 0) is 54.8 Å². The van der Waals surface area contributed by atoms with Gasteiger partial charge in [-0.1, -0.05) is 60.3 Å². The Labute approximate surface area is 208 Å². The standard InChI is InChI=1S/C27H25N5O2S/c1-19-7-6-8-20(2)26(19)34-17-24-30-31-27(32(24)23-9-4-3-5-10-23)35-18-25(33)29-22-13-11-21(12-14-22)15-16-28/h3-14H,15,17-18H2,1-2H3,(H,29,33). The molecule has 176 valence electrons. The van der Waals surface area contributed by atoms with Gasteiger partial charge >= 0.3 is 0 Å². The second-order valence-electron chi connectivity index (χ2n) is 7.95. The monoisotopic (exact) mass is 483 g/mol. The number of nitrogens with one attached hydrogen (secondary N) is 1. The SMILES string of the molecule is Cc1cccc(C)c1OCc1nnc(SCC(=O)Nc2ccc(CC#N)cc2)n1-c1ccccc1. The Morgan fingerprint density at radius 3 is 2.40 bits per heavy atom. The van der Waals surface area contributed by atoms with Crippen LogP contribution in [0.4, 0.5) is 5.69 Å².